The highest BCUT2D eigenvalue weighted by molar-refractivity contribution is 6.06. The van der Waals surface area contributed by atoms with Crippen molar-refractivity contribution in [3.05, 3.63) is 0 Å². The van der Waals surface area contributed by atoms with Gasteiger partial charge < -0.3 is 14.2 Å². The van der Waals surface area contributed by atoms with E-state index >= 15 is 0 Å². The molecule has 0 spiro atoms. The smallest absolute Gasteiger partial charge is 0.318 e. The first-order valence-corrected chi connectivity index (χ1v) is 8.82. The highest BCUT2D eigenvalue weighted by atomic mass is 16.6. The van der Waals surface area contributed by atoms with Crippen molar-refractivity contribution in [1.82, 2.24) is 0 Å². The molecule has 3 heterocycles. The Kier molecular flexibility index (Phi) is 4.65. The van der Waals surface area contributed by atoms with Gasteiger partial charge in [0.2, 0.25) is 0 Å². The Morgan fingerprint density at radius 2 is 0.741 bits per heavy atom. The van der Waals surface area contributed by atoms with Gasteiger partial charge in [0.15, 0.2) is 0 Å². The lowest BCUT2D eigenvalue weighted by molar-refractivity contribution is -0.158. The first-order chi connectivity index (χ1) is 12.6. The summed E-state index contributed by atoms with van der Waals surface area (Å²) < 4.78 is 14.1. The maximum atomic E-state index is 12.4. The molecular weight excluding hydrogens is 360 g/mol. The van der Waals surface area contributed by atoms with Crippen LogP contribution in [-0.2, 0) is 43.0 Å². The molecule has 3 rings (SSSR count). The summed E-state index contributed by atoms with van der Waals surface area (Å²) in [5.74, 6) is -13.3. The van der Waals surface area contributed by atoms with Crippen LogP contribution in [0.2, 0.25) is 0 Å². The van der Waals surface area contributed by atoms with Gasteiger partial charge in [-0.3, -0.25) is 28.8 Å². The minimum atomic E-state index is -1.38. The number of hydrogen-bond acceptors (Lipinski definition) is 9. The summed E-state index contributed by atoms with van der Waals surface area (Å²) >= 11 is 0. The Morgan fingerprint density at radius 3 is 1.04 bits per heavy atom. The van der Waals surface area contributed by atoms with Crippen LogP contribution in [0.25, 0.3) is 0 Å². The lowest BCUT2D eigenvalue weighted by atomic mass is 9.66. The number of carbonyl (C=O) groups excluding carboxylic acids is 6. The Balaban J connectivity index is 2.06. The van der Waals surface area contributed by atoms with Crippen molar-refractivity contribution in [2.45, 2.75) is 27.7 Å². The van der Waals surface area contributed by atoms with E-state index in [1.54, 1.807) is 27.7 Å². The standard InChI is InChI=1S/C18H20O9/c1-5(2)7-9(15(21)25-13(7)19)11-12(18(24)27-17(11)23)10-8(6(3)4)14(20)26-16(10)22/h5-12H,1-4H3. The number of hydrogen-bond donors (Lipinski definition) is 0. The van der Waals surface area contributed by atoms with Gasteiger partial charge in [-0.05, 0) is 11.8 Å². The fourth-order valence-corrected chi connectivity index (χ4v) is 4.44. The molecule has 146 valence electrons. The van der Waals surface area contributed by atoms with Gasteiger partial charge in [-0.1, -0.05) is 27.7 Å². The Morgan fingerprint density at radius 1 is 0.481 bits per heavy atom. The molecule has 6 unspecified atom stereocenters. The van der Waals surface area contributed by atoms with E-state index in [4.69, 9.17) is 14.2 Å². The molecule has 0 saturated carbocycles. The van der Waals surface area contributed by atoms with Crippen molar-refractivity contribution in [3.63, 3.8) is 0 Å². The molecule has 0 aliphatic carbocycles. The van der Waals surface area contributed by atoms with Crippen molar-refractivity contribution in [3.8, 4) is 0 Å². The predicted octanol–water partition coefficient (Wildman–Crippen LogP) is 0.246. The molecule has 3 aliphatic rings. The molecule has 0 N–H and O–H groups in total. The highest BCUT2D eigenvalue weighted by Crippen LogP contribution is 2.48. The summed E-state index contributed by atoms with van der Waals surface area (Å²) in [7, 11) is 0. The average molecular weight is 380 g/mol. The van der Waals surface area contributed by atoms with E-state index in [0.717, 1.165) is 0 Å². The minimum Gasteiger partial charge on any atom is -0.393 e. The molecule has 9 nitrogen and oxygen atoms in total. The van der Waals surface area contributed by atoms with Gasteiger partial charge in [-0.25, -0.2) is 0 Å². The number of carbonyl (C=O) groups is 6. The van der Waals surface area contributed by atoms with Crippen LogP contribution in [0.1, 0.15) is 27.7 Å². The van der Waals surface area contributed by atoms with Gasteiger partial charge in [0.05, 0.1) is 35.5 Å². The summed E-state index contributed by atoms with van der Waals surface area (Å²) in [5.41, 5.74) is 0. The Bertz CT molecular complexity index is 688. The zero-order valence-electron chi connectivity index (χ0n) is 15.3. The summed E-state index contributed by atoms with van der Waals surface area (Å²) in [6.07, 6.45) is 0. The van der Waals surface area contributed by atoms with Crippen molar-refractivity contribution < 1.29 is 43.0 Å². The molecule has 0 amide bonds. The number of esters is 6. The van der Waals surface area contributed by atoms with Crippen molar-refractivity contribution in [1.29, 1.82) is 0 Å². The van der Waals surface area contributed by atoms with Crippen LogP contribution >= 0.6 is 0 Å². The normalized spacial score (nSPS) is 36.7. The van der Waals surface area contributed by atoms with Gasteiger partial charge in [-0.15, -0.1) is 0 Å². The minimum absolute atomic E-state index is 0.351. The van der Waals surface area contributed by atoms with Crippen LogP contribution in [0, 0.1) is 47.3 Å². The zero-order valence-corrected chi connectivity index (χ0v) is 15.3. The highest BCUT2D eigenvalue weighted by Gasteiger charge is 2.65. The third-order valence-electron chi connectivity index (χ3n) is 5.61. The number of cyclic esters (lactones) is 6. The lowest BCUT2D eigenvalue weighted by Gasteiger charge is -2.27. The van der Waals surface area contributed by atoms with E-state index in [1.807, 2.05) is 0 Å². The maximum absolute atomic E-state index is 12.4. The monoisotopic (exact) mass is 380 g/mol. The number of rotatable bonds is 4. The van der Waals surface area contributed by atoms with Gasteiger partial charge in [0.25, 0.3) is 0 Å². The van der Waals surface area contributed by atoms with E-state index < -0.39 is 71.3 Å². The molecular formula is C18H20O9. The van der Waals surface area contributed by atoms with Crippen LogP contribution in [0.15, 0.2) is 0 Å². The first-order valence-electron chi connectivity index (χ1n) is 8.82. The SMILES string of the molecule is CC(C)C1C(=O)OC(=O)C1C1C(=O)OC(=O)C1C1C(=O)OC(=O)C1C(C)C. The van der Waals surface area contributed by atoms with Crippen molar-refractivity contribution >= 4 is 35.8 Å². The van der Waals surface area contributed by atoms with Crippen LogP contribution < -0.4 is 0 Å². The van der Waals surface area contributed by atoms with Gasteiger partial charge >= 0.3 is 35.8 Å². The molecule has 0 aromatic heterocycles. The summed E-state index contributed by atoms with van der Waals surface area (Å²) in [6.45, 7) is 6.72. The molecule has 3 aliphatic heterocycles. The molecule has 0 aromatic carbocycles. The van der Waals surface area contributed by atoms with Crippen LogP contribution in [0.5, 0.6) is 0 Å². The van der Waals surface area contributed by atoms with Crippen molar-refractivity contribution in [2.75, 3.05) is 0 Å². The molecule has 27 heavy (non-hydrogen) atoms. The predicted molar refractivity (Wildman–Crippen MR) is 83.9 cm³/mol. The third kappa shape index (κ3) is 2.85. The average Bonchev–Trinajstić information content (AvgIpc) is 3.09. The van der Waals surface area contributed by atoms with Gasteiger partial charge in [0, 0.05) is 0 Å². The van der Waals surface area contributed by atoms with E-state index in [1.165, 1.54) is 0 Å². The molecule has 3 fully saturated rings. The Labute approximate surface area is 154 Å². The lowest BCUT2D eigenvalue weighted by Crippen LogP contribution is -2.42. The van der Waals surface area contributed by atoms with Crippen molar-refractivity contribution in [2.24, 2.45) is 47.3 Å². The summed E-state index contributed by atoms with van der Waals surface area (Å²) in [6, 6.07) is 0. The molecule has 0 bridgehead atoms. The van der Waals surface area contributed by atoms with E-state index in [-0.39, 0.29) is 11.8 Å². The molecule has 0 radical (unpaired) electrons. The van der Waals surface area contributed by atoms with Crippen LogP contribution in [-0.4, -0.2) is 35.8 Å². The fraction of sp³-hybridized carbons (Fsp3) is 0.667. The summed E-state index contributed by atoms with van der Waals surface area (Å²) in [4.78, 5) is 73.6. The van der Waals surface area contributed by atoms with Crippen LogP contribution in [0.4, 0.5) is 0 Å². The van der Waals surface area contributed by atoms with E-state index in [0.29, 0.717) is 0 Å². The quantitative estimate of drug-likeness (QED) is 0.382. The largest absolute Gasteiger partial charge is 0.393 e. The van der Waals surface area contributed by atoms with Crippen LogP contribution in [0.3, 0.4) is 0 Å². The van der Waals surface area contributed by atoms with E-state index in [2.05, 4.69) is 0 Å². The van der Waals surface area contributed by atoms with Gasteiger partial charge in [0.1, 0.15) is 0 Å². The molecule has 6 atom stereocenters. The first kappa shape index (κ1) is 19.2. The van der Waals surface area contributed by atoms with Gasteiger partial charge in [-0.2, -0.15) is 0 Å². The second-order valence-corrected chi connectivity index (χ2v) is 7.86. The fourth-order valence-electron chi connectivity index (χ4n) is 4.44. The molecule has 9 heteroatoms. The second-order valence-electron chi connectivity index (χ2n) is 7.86. The summed E-state index contributed by atoms with van der Waals surface area (Å²) in [5, 5.41) is 0. The number of ether oxygens (including phenoxy) is 3. The van der Waals surface area contributed by atoms with E-state index in [9.17, 15) is 28.8 Å². The second kappa shape index (κ2) is 6.54. The molecule has 0 aromatic rings. The topological polar surface area (TPSA) is 130 Å². The zero-order chi connectivity index (χ0) is 20.2. The maximum Gasteiger partial charge on any atom is 0.318 e. The Hall–Kier alpha value is -2.58. The molecule has 3 saturated heterocycles. The third-order valence-corrected chi connectivity index (χ3v) is 5.61.